The van der Waals surface area contributed by atoms with Crippen LogP contribution in [0.25, 0.3) is 16.8 Å². The second-order valence-electron chi connectivity index (χ2n) is 6.86. The van der Waals surface area contributed by atoms with E-state index in [9.17, 15) is 4.79 Å². The zero-order chi connectivity index (χ0) is 20.3. The number of thioether (sulfide) groups is 1. The maximum Gasteiger partial charge on any atom is 0.237 e. The molecule has 0 spiro atoms. The minimum Gasteiger partial charge on any atom is -0.307 e. The minimum absolute atomic E-state index is 0.0237. The number of carbonyl (C=O) groups is 1. The van der Waals surface area contributed by atoms with Crippen LogP contribution in [0.15, 0.2) is 90.1 Å². The molecule has 5 rings (SSSR count). The number of hydrogen-bond acceptors (Lipinski definition) is 4. The summed E-state index contributed by atoms with van der Waals surface area (Å²) in [6.45, 7) is 0.522. The fourth-order valence-electron chi connectivity index (χ4n) is 3.44. The zero-order valence-electron chi connectivity index (χ0n) is 16.1. The van der Waals surface area contributed by atoms with Crippen LogP contribution < -0.4 is 4.90 Å². The molecule has 0 atom stereocenters. The van der Waals surface area contributed by atoms with Gasteiger partial charge in [0.1, 0.15) is 0 Å². The number of amides is 1. The van der Waals surface area contributed by atoms with Crippen molar-refractivity contribution < 1.29 is 4.79 Å². The Hall–Kier alpha value is -3.58. The van der Waals surface area contributed by atoms with Gasteiger partial charge in [-0.3, -0.25) is 9.20 Å². The van der Waals surface area contributed by atoms with Crippen LogP contribution in [0.4, 0.5) is 5.69 Å². The molecular formula is C23H19N5OS. The summed E-state index contributed by atoms with van der Waals surface area (Å²) in [4.78, 5) is 19.6. The summed E-state index contributed by atoms with van der Waals surface area (Å²) in [5, 5.41) is 8.04. The first-order valence-electron chi connectivity index (χ1n) is 9.63. The van der Waals surface area contributed by atoms with Gasteiger partial charge in [0, 0.05) is 5.69 Å². The number of hydrogen-bond donors (Lipinski definition) is 1. The first kappa shape index (κ1) is 18.4. The summed E-state index contributed by atoms with van der Waals surface area (Å²) in [7, 11) is 0. The lowest BCUT2D eigenvalue weighted by Crippen LogP contribution is -2.31. The molecule has 0 unspecified atom stereocenters. The van der Waals surface area contributed by atoms with Crippen molar-refractivity contribution in [2.45, 2.75) is 11.7 Å². The number of aromatic amines is 1. The molecule has 6 nitrogen and oxygen atoms in total. The van der Waals surface area contributed by atoms with E-state index in [0.717, 1.165) is 27.4 Å². The van der Waals surface area contributed by atoms with E-state index in [1.807, 2.05) is 94.2 Å². The standard InChI is InChI=1S/C23H19N5OS/c29-21(27(18-11-5-2-6-12-18)15-17-9-3-1-4-10-17)16-30-23-26-25-22-24-19-13-7-8-14-20(19)28(22)23/h1-14H,15-16H2,(H,24,25). The SMILES string of the molecule is O=C(CSc1n[nH]c2nc3ccccc3n12)N(Cc1ccccc1)c1ccccc1. The van der Waals surface area contributed by atoms with Gasteiger partial charge in [0.25, 0.3) is 0 Å². The van der Waals surface area contributed by atoms with E-state index < -0.39 is 0 Å². The van der Waals surface area contributed by atoms with Gasteiger partial charge in [-0.15, -0.1) is 5.10 Å². The van der Waals surface area contributed by atoms with Gasteiger partial charge in [0.15, 0.2) is 5.16 Å². The molecule has 3 aromatic carbocycles. The number of anilines is 1. The summed E-state index contributed by atoms with van der Waals surface area (Å²) in [5.74, 6) is 0.972. The predicted molar refractivity (Wildman–Crippen MR) is 120 cm³/mol. The lowest BCUT2D eigenvalue weighted by molar-refractivity contribution is -0.116. The number of imidazole rings is 1. The van der Waals surface area contributed by atoms with Gasteiger partial charge >= 0.3 is 0 Å². The van der Waals surface area contributed by atoms with Crippen LogP contribution in [0.2, 0.25) is 0 Å². The summed E-state index contributed by atoms with van der Waals surface area (Å²) < 4.78 is 1.96. The Labute approximate surface area is 177 Å². The van der Waals surface area contributed by atoms with Crippen LogP contribution in [0, 0.1) is 0 Å². The number of fused-ring (bicyclic) bond motifs is 3. The fraction of sp³-hybridized carbons (Fsp3) is 0.0870. The third-order valence-corrected chi connectivity index (χ3v) is 5.80. The highest BCUT2D eigenvalue weighted by Gasteiger charge is 2.19. The van der Waals surface area contributed by atoms with Gasteiger partial charge in [-0.1, -0.05) is 72.4 Å². The molecule has 148 valence electrons. The van der Waals surface area contributed by atoms with Crippen LogP contribution in [-0.2, 0) is 11.3 Å². The van der Waals surface area contributed by atoms with E-state index in [1.54, 1.807) is 0 Å². The highest BCUT2D eigenvalue weighted by molar-refractivity contribution is 7.99. The molecule has 0 saturated carbocycles. The van der Waals surface area contributed by atoms with Crippen LogP contribution in [0.3, 0.4) is 0 Å². The Kier molecular flexibility index (Phi) is 4.94. The van der Waals surface area contributed by atoms with E-state index in [1.165, 1.54) is 11.8 Å². The molecule has 7 heteroatoms. The molecule has 30 heavy (non-hydrogen) atoms. The lowest BCUT2D eigenvalue weighted by atomic mass is 10.2. The molecule has 0 aliphatic carbocycles. The lowest BCUT2D eigenvalue weighted by Gasteiger charge is -2.23. The quantitative estimate of drug-likeness (QED) is 0.415. The van der Waals surface area contributed by atoms with Gasteiger partial charge in [-0.25, -0.2) is 10.1 Å². The van der Waals surface area contributed by atoms with E-state index >= 15 is 0 Å². The van der Waals surface area contributed by atoms with E-state index in [0.29, 0.717) is 12.3 Å². The number of rotatable bonds is 6. The van der Waals surface area contributed by atoms with Crippen LogP contribution >= 0.6 is 11.8 Å². The van der Waals surface area contributed by atoms with E-state index in [-0.39, 0.29) is 11.7 Å². The molecule has 0 fully saturated rings. The predicted octanol–water partition coefficient (Wildman–Crippen LogP) is 4.54. The van der Waals surface area contributed by atoms with E-state index in [4.69, 9.17) is 0 Å². The Bertz CT molecular complexity index is 1300. The smallest absolute Gasteiger partial charge is 0.237 e. The molecule has 0 radical (unpaired) electrons. The third kappa shape index (κ3) is 3.55. The highest BCUT2D eigenvalue weighted by Crippen LogP contribution is 2.24. The van der Waals surface area contributed by atoms with Crippen molar-refractivity contribution in [2.24, 2.45) is 0 Å². The zero-order valence-corrected chi connectivity index (χ0v) is 16.9. The molecule has 2 aromatic heterocycles. The van der Waals surface area contributed by atoms with Crippen molar-refractivity contribution in [1.29, 1.82) is 0 Å². The molecule has 1 N–H and O–H groups in total. The average molecular weight is 414 g/mol. The second-order valence-corrected chi connectivity index (χ2v) is 7.80. The van der Waals surface area contributed by atoms with Gasteiger partial charge in [0.05, 0.1) is 23.3 Å². The first-order valence-corrected chi connectivity index (χ1v) is 10.6. The molecule has 0 saturated heterocycles. The molecule has 0 aliphatic heterocycles. The normalized spacial score (nSPS) is 11.2. The molecule has 1 amide bonds. The third-order valence-electron chi connectivity index (χ3n) is 4.88. The van der Waals surface area contributed by atoms with Crippen molar-refractivity contribution in [3.63, 3.8) is 0 Å². The van der Waals surface area contributed by atoms with Crippen LogP contribution in [-0.4, -0.2) is 31.2 Å². The average Bonchev–Trinajstić information content (AvgIpc) is 3.36. The van der Waals surface area contributed by atoms with Crippen molar-refractivity contribution in [3.8, 4) is 0 Å². The summed E-state index contributed by atoms with van der Waals surface area (Å²) >= 11 is 1.41. The number of nitrogens with one attached hydrogen (secondary N) is 1. The Balaban J connectivity index is 1.40. The minimum atomic E-state index is 0.0237. The maximum absolute atomic E-state index is 13.2. The van der Waals surface area contributed by atoms with Gasteiger partial charge in [-0.2, -0.15) is 0 Å². The molecule has 2 heterocycles. The van der Waals surface area contributed by atoms with Crippen molar-refractivity contribution >= 4 is 40.2 Å². The molecular weight excluding hydrogens is 394 g/mol. The Morgan fingerprint density at radius 2 is 1.63 bits per heavy atom. The number of H-pyrrole nitrogens is 1. The van der Waals surface area contributed by atoms with Gasteiger partial charge in [-0.05, 0) is 29.8 Å². The van der Waals surface area contributed by atoms with Gasteiger partial charge < -0.3 is 4.90 Å². The fourth-order valence-corrected chi connectivity index (χ4v) is 4.27. The summed E-state index contributed by atoms with van der Waals surface area (Å²) in [6.07, 6.45) is 0. The first-order chi connectivity index (χ1) is 14.8. The van der Waals surface area contributed by atoms with Gasteiger partial charge in [0.2, 0.25) is 11.7 Å². The molecule has 0 aliphatic rings. The number of benzene rings is 3. The number of aromatic nitrogens is 4. The maximum atomic E-state index is 13.2. The van der Waals surface area contributed by atoms with Crippen molar-refractivity contribution in [1.82, 2.24) is 19.6 Å². The second kappa shape index (κ2) is 8.04. The Morgan fingerprint density at radius 1 is 0.933 bits per heavy atom. The van der Waals surface area contributed by atoms with Crippen molar-refractivity contribution in [3.05, 3.63) is 90.5 Å². The highest BCUT2D eigenvalue weighted by atomic mass is 32.2. The number of carbonyl (C=O) groups excluding carboxylic acids is 1. The largest absolute Gasteiger partial charge is 0.307 e. The number of para-hydroxylation sites is 3. The van der Waals surface area contributed by atoms with Crippen molar-refractivity contribution in [2.75, 3.05) is 10.7 Å². The number of nitrogens with zero attached hydrogens (tertiary/aromatic N) is 4. The summed E-state index contributed by atoms with van der Waals surface area (Å²) in [5.41, 5.74) is 3.84. The van der Waals surface area contributed by atoms with Crippen LogP contribution in [0.1, 0.15) is 5.56 Å². The Morgan fingerprint density at radius 3 is 2.43 bits per heavy atom. The topological polar surface area (TPSA) is 66.3 Å². The molecule has 5 aromatic rings. The van der Waals surface area contributed by atoms with Crippen LogP contribution in [0.5, 0.6) is 0 Å². The molecule has 0 bridgehead atoms. The monoisotopic (exact) mass is 413 g/mol. The summed E-state index contributed by atoms with van der Waals surface area (Å²) in [6, 6.07) is 27.7. The van der Waals surface area contributed by atoms with E-state index in [2.05, 4.69) is 15.2 Å².